The number of thiazole rings is 1. The average Bonchev–Trinajstić information content (AvgIpc) is 3.02. The smallest absolute Gasteiger partial charge is 0.231 e. The van der Waals surface area contributed by atoms with E-state index in [1.165, 1.54) is 11.3 Å². The van der Waals surface area contributed by atoms with Gasteiger partial charge in [0.25, 0.3) is 0 Å². The van der Waals surface area contributed by atoms with Crippen LogP contribution in [0.25, 0.3) is 10.2 Å². The van der Waals surface area contributed by atoms with E-state index in [-0.39, 0.29) is 29.7 Å². The van der Waals surface area contributed by atoms with Crippen molar-refractivity contribution in [3.63, 3.8) is 0 Å². The van der Waals surface area contributed by atoms with Crippen LogP contribution in [0.3, 0.4) is 0 Å². The molecule has 0 saturated carbocycles. The molecule has 2 aromatic rings. The van der Waals surface area contributed by atoms with Crippen LogP contribution in [-0.2, 0) is 9.59 Å². The van der Waals surface area contributed by atoms with Gasteiger partial charge in [-0.25, -0.2) is 4.98 Å². The normalized spacial score (nSPS) is 18.7. The molecule has 122 valence electrons. The van der Waals surface area contributed by atoms with E-state index in [4.69, 9.17) is 0 Å². The van der Waals surface area contributed by atoms with E-state index < -0.39 is 0 Å². The molecule has 2 heterocycles. The van der Waals surface area contributed by atoms with Gasteiger partial charge in [0.05, 0.1) is 16.1 Å². The van der Waals surface area contributed by atoms with Crippen molar-refractivity contribution in [1.29, 1.82) is 0 Å². The van der Waals surface area contributed by atoms with Gasteiger partial charge in [-0.1, -0.05) is 23.5 Å². The number of aryl methyl sites for hydroxylation is 1. The monoisotopic (exact) mass is 331 g/mol. The molecule has 0 aliphatic carbocycles. The fourth-order valence-corrected chi connectivity index (χ4v) is 3.83. The predicted molar refractivity (Wildman–Crippen MR) is 92.6 cm³/mol. The molecule has 1 aromatic heterocycles. The van der Waals surface area contributed by atoms with E-state index >= 15 is 0 Å². The largest absolute Gasteiger partial charge is 0.337 e. The Balaban J connectivity index is 1.74. The van der Waals surface area contributed by atoms with E-state index in [2.05, 4.69) is 10.3 Å². The number of benzene rings is 1. The quantitative estimate of drug-likeness (QED) is 0.919. The van der Waals surface area contributed by atoms with Crippen LogP contribution in [0.5, 0.6) is 0 Å². The van der Waals surface area contributed by atoms with Crippen LogP contribution in [0.15, 0.2) is 18.2 Å². The van der Waals surface area contributed by atoms with Crippen LogP contribution in [0.1, 0.15) is 32.8 Å². The highest BCUT2D eigenvalue weighted by atomic mass is 32.1. The van der Waals surface area contributed by atoms with Gasteiger partial charge in [0.1, 0.15) is 0 Å². The molecule has 0 spiro atoms. The number of nitrogens with zero attached hydrogens (tertiary/aromatic N) is 2. The Bertz CT molecular complexity index is 776. The number of nitrogens with one attached hydrogen (secondary N) is 1. The van der Waals surface area contributed by atoms with Crippen molar-refractivity contribution >= 4 is 38.5 Å². The number of aromatic nitrogens is 1. The summed E-state index contributed by atoms with van der Waals surface area (Å²) in [6, 6.07) is 5.99. The highest BCUT2D eigenvalue weighted by Gasteiger charge is 2.39. The summed E-state index contributed by atoms with van der Waals surface area (Å²) < 4.78 is 1.05. The maximum atomic E-state index is 12.5. The maximum absolute atomic E-state index is 12.5. The van der Waals surface area contributed by atoms with Crippen molar-refractivity contribution in [2.75, 3.05) is 11.9 Å². The molecule has 1 fully saturated rings. The van der Waals surface area contributed by atoms with Crippen molar-refractivity contribution in [3.8, 4) is 0 Å². The van der Waals surface area contributed by atoms with Gasteiger partial charge in [0.2, 0.25) is 11.8 Å². The lowest BCUT2D eigenvalue weighted by atomic mass is 10.1. The van der Waals surface area contributed by atoms with Gasteiger partial charge in [-0.05, 0) is 39.3 Å². The van der Waals surface area contributed by atoms with Gasteiger partial charge in [-0.2, -0.15) is 0 Å². The molecular weight excluding hydrogens is 310 g/mol. The number of para-hydroxylation sites is 1. The van der Waals surface area contributed by atoms with Gasteiger partial charge in [-0.15, -0.1) is 0 Å². The van der Waals surface area contributed by atoms with Crippen molar-refractivity contribution < 1.29 is 9.59 Å². The van der Waals surface area contributed by atoms with E-state index in [0.29, 0.717) is 11.7 Å². The van der Waals surface area contributed by atoms with Crippen LogP contribution < -0.4 is 5.32 Å². The molecular formula is C17H21N3O2S. The first kappa shape index (κ1) is 15.9. The van der Waals surface area contributed by atoms with Crippen LogP contribution in [0, 0.1) is 12.8 Å². The molecule has 3 rings (SSSR count). The molecule has 1 saturated heterocycles. The fourth-order valence-electron chi connectivity index (χ4n) is 2.88. The summed E-state index contributed by atoms with van der Waals surface area (Å²) in [4.78, 5) is 30.9. The van der Waals surface area contributed by atoms with Gasteiger partial charge in [0.15, 0.2) is 5.13 Å². The molecule has 1 aliphatic heterocycles. The van der Waals surface area contributed by atoms with Crippen LogP contribution in [-0.4, -0.2) is 33.8 Å². The standard InChI is InChI=1S/C17H21N3O2S/c1-10-6-5-7-12-14(10)18-16(23-12)19-15(22)11-8-13(21)20(9-11)17(2,3)4/h5-7,11H,8-9H2,1-4H3,(H,18,19,22). The number of anilines is 1. The highest BCUT2D eigenvalue weighted by Crippen LogP contribution is 2.30. The molecule has 0 radical (unpaired) electrons. The number of amides is 2. The predicted octanol–water partition coefficient (Wildman–Crippen LogP) is 3.19. The molecule has 0 bridgehead atoms. The average molecular weight is 331 g/mol. The first-order chi connectivity index (χ1) is 10.8. The molecule has 1 aromatic carbocycles. The highest BCUT2D eigenvalue weighted by molar-refractivity contribution is 7.22. The first-order valence-corrected chi connectivity index (χ1v) is 8.55. The number of fused-ring (bicyclic) bond motifs is 1. The third-order valence-electron chi connectivity index (χ3n) is 4.16. The minimum absolute atomic E-state index is 0.0396. The number of likely N-dealkylation sites (tertiary alicyclic amines) is 1. The molecule has 6 heteroatoms. The Labute approximate surface area is 139 Å². The summed E-state index contributed by atoms with van der Waals surface area (Å²) in [5.41, 5.74) is 1.76. The second kappa shape index (κ2) is 5.60. The zero-order valence-corrected chi connectivity index (χ0v) is 14.7. The number of carbonyl (C=O) groups is 2. The van der Waals surface area contributed by atoms with Crippen molar-refractivity contribution in [2.45, 2.75) is 39.7 Å². The third-order valence-corrected chi connectivity index (χ3v) is 5.09. The molecule has 5 nitrogen and oxygen atoms in total. The molecule has 1 atom stereocenters. The zero-order valence-electron chi connectivity index (χ0n) is 13.8. The SMILES string of the molecule is Cc1cccc2sc(NC(=O)C3CC(=O)N(C(C)(C)C)C3)nc12. The zero-order chi connectivity index (χ0) is 16.8. The van der Waals surface area contributed by atoms with E-state index in [1.54, 1.807) is 4.90 Å². The molecule has 1 aliphatic rings. The number of hydrogen-bond donors (Lipinski definition) is 1. The van der Waals surface area contributed by atoms with Crippen molar-refractivity contribution in [2.24, 2.45) is 5.92 Å². The second-order valence-corrected chi connectivity index (χ2v) is 8.04. The summed E-state index contributed by atoms with van der Waals surface area (Å²) in [5, 5.41) is 3.48. The van der Waals surface area contributed by atoms with E-state index in [9.17, 15) is 9.59 Å². The lowest BCUT2D eigenvalue weighted by Gasteiger charge is -2.31. The van der Waals surface area contributed by atoms with Gasteiger partial charge in [0, 0.05) is 18.5 Å². The number of carbonyl (C=O) groups excluding carboxylic acids is 2. The lowest BCUT2D eigenvalue weighted by Crippen LogP contribution is -2.42. The molecule has 23 heavy (non-hydrogen) atoms. The fraction of sp³-hybridized carbons (Fsp3) is 0.471. The molecule has 1 unspecified atom stereocenters. The molecule has 2 amide bonds. The number of hydrogen-bond acceptors (Lipinski definition) is 4. The third kappa shape index (κ3) is 3.08. The molecule has 1 N–H and O–H groups in total. The van der Waals surface area contributed by atoms with E-state index in [0.717, 1.165) is 15.8 Å². The summed E-state index contributed by atoms with van der Waals surface area (Å²) in [5.74, 6) is -0.394. The minimum atomic E-state index is -0.310. The minimum Gasteiger partial charge on any atom is -0.337 e. The summed E-state index contributed by atoms with van der Waals surface area (Å²) >= 11 is 1.46. The van der Waals surface area contributed by atoms with Gasteiger partial charge in [-0.3, -0.25) is 9.59 Å². The van der Waals surface area contributed by atoms with Crippen molar-refractivity contribution in [3.05, 3.63) is 23.8 Å². The summed E-state index contributed by atoms with van der Waals surface area (Å²) in [6.07, 6.45) is 0.271. The Morgan fingerprint density at radius 3 is 2.74 bits per heavy atom. The Morgan fingerprint density at radius 1 is 1.39 bits per heavy atom. The topological polar surface area (TPSA) is 62.3 Å². The lowest BCUT2D eigenvalue weighted by molar-refractivity contribution is -0.131. The maximum Gasteiger partial charge on any atom is 0.231 e. The number of rotatable bonds is 2. The summed E-state index contributed by atoms with van der Waals surface area (Å²) in [6.45, 7) is 8.44. The Morgan fingerprint density at radius 2 is 2.13 bits per heavy atom. The summed E-state index contributed by atoms with van der Waals surface area (Å²) in [7, 11) is 0. The van der Waals surface area contributed by atoms with E-state index in [1.807, 2.05) is 45.9 Å². The van der Waals surface area contributed by atoms with Crippen LogP contribution >= 0.6 is 11.3 Å². The first-order valence-electron chi connectivity index (χ1n) is 7.73. The van der Waals surface area contributed by atoms with Gasteiger partial charge < -0.3 is 10.2 Å². The van der Waals surface area contributed by atoms with Crippen LogP contribution in [0.2, 0.25) is 0 Å². The van der Waals surface area contributed by atoms with Crippen LogP contribution in [0.4, 0.5) is 5.13 Å². The van der Waals surface area contributed by atoms with Gasteiger partial charge >= 0.3 is 0 Å². The Hall–Kier alpha value is -1.95. The second-order valence-electron chi connectivity index (χ2n) is 7.01. The van der Waals surface area contributed by atoms with Crippen molar-refractivity contribution in [1.82, 2.24) is 9.88 Å². The Kier molecular flexibility index (Phi) is 3.88.